The number of anilines is 1. The molecule has 0 aliphatic rings. The van der Waals surface area contributed by atoms with E-state index in [1.165, 1.54) is 0 Å². The second-order valence-electron chi connectivity index (χ2n) is 6.45. The van der Waals surface area contributed by atoms with Gasteiger partial charge in [-0.2, -0.15) is 0 Å². The summed E-state index contributed by atoms with van der Waals surface area (Å²) in [4.78, 5) is 13.2. The lowest BCUT2D eigenvalue weighted by Gasteiger charge is -2.13. The van der Waals surface area contributed by atoms with Crippen LogP contribution in [0.4, 0.5) is 5.69 Å². The van der Waals surface area contributed by atoms with Gasteiger partial charge < -0.3 is 10.1 Å². The van der Waals surface area contributed by atoms with Gasteiger partial charge in [-0.15, -0.1) is 11.8 Å². The fourth-order valence-corrected chi connectivity index (χ4v) is 4.13. The Kier molecular flexibility index (Phi) is 8.19. The van der Waals surface area contributed by atoms with Crippen molar-refractivity contribution < 1.29 is 17.9 Å². The Hall–Kier alpha value is -2.19. The molecule has 0 heterocycles. The van der Waals surface area contributed by atoms with E-state index in [1.54, 1.807) is 31.0 Å². The Balaban J connectivity index is 1.75. The van der Waals surface area contributed by atoms with Crippen molar-refractivity contribution in [2.45, 2.75) is 36.5 Å². The zero-order chi connectivity index (χ0) is 20.6. The summed E-state index contributed by atoms with van der Waals surface area (Å²) in [6.07, 6.45) is 2.31. The fraction of sp³-hybridized carbons (Fsp3) is 0.350. The predicted octanol–water partition coefficient (Wildman–Crippen LogP) is 3.64. The molecule has 1 atom stereocenters. The molecule has 0 bridgehead atoms. The number of sulfonamides is 1. The molecular formula is C20H26N2O4S2. The highest BCUT2D eigenvalue weighted by Crippen LogP contribution is 2.27. The summed E-state index contributed by atoms with van der Waals surface area (Å²) in [7, 11) is -1.66. The van der Waals surface area contributed by atoms with Crippen molar-refractivity contribution in [3.63, 3.8) is 0 Å². The van der Waals surface area contributed by atoms with Gasteiger partial charge in [-0.1, -0.05) is 25.1 Å². The standard InChI is InChI=1S/C20H26N2O4S2/c1-15(27-18-11-9-17(10-12-18)22-28(3,24)25)8-13-20(23)21-14-16-6-4-5-7-19(16)26-2/h4-7,9-12,15,22H,8,13-14H2,1-3H3,(H,21,23). The molecule has 0 saturated carbocycles. The number of nitrogens with one attached hydrogen (secondary N) is 2. The number of para-hydroxylation sites is 1. The summed E-state index contributed by atoms with van der Waals surface area (Å²) < 4.78 is 30.2. The summed E-state index contributed by atoms with van der Waals surface area (Å²) in [5.74, 6) is 0.770. The second-order valence-corrected chi connectivity index (χ2v) is 9.71. The van der Waals surface area contributed by atoms with E-state index in [1.807, 2.05) is 36.4 Å². The van der Waals surface area contributed by atoms with Crippen molar-refractivity contribution in [3.8, 4) is 5.75 Å². The van der Waals surface area contributed by atoms with Crippen molar-refractivity contribution in [1.82, 2.24) is 5.32 Å². The third-order valence-electron chi connectivity index (χ3n) is 3.94. The topological polar surface area (TPSA) is 84.5 Å². The fourth-order valence-electron chi connectivity index (χ4n) is 2.57. The SMILES string of the molecule is COc1ccccc1CNC(=O)CCC(C)Sc1ccc(NS(C)(=O)=O)cc1. The molecule has 0 radical (unpaired) electrons. The highest BCUT2D eigenvalue weighted by molar-refractivity contribution is 8.00. The molecule has 0 fully saturated rings. The molecule has 0 spiro atoms. The Morgan fingerprint density at radius 2 is 1.82 bits per heavy atom. The van der Waals surface area contributed by atoms with E-state index in [0.29, 0.717) is 18.7 Å². The van der Waals surface area contributed by atoms with E-state index in [9.17, 15) is 13.2 Å². The second kappa shape index (κ2) is 10.4. The van der Waals surface area contributed by atoms with Crippen molar-refractivity contribution >= 4 is 33.4 Å². The molecule has 2 N–H and O–H groups in total. The van der Waals surface area contributed by atoms with Gasteiger partial charge >= 0.3 is 0 Å². The first-order chi connectivity index (χ1) is 13.3. The van der Waals surface area contributed by atoms with Crippen LogP contribution in [0.5, 0.6) is 5.75 Å². The Bertz CT molecular complexity index is 883. The smallest absolute Gasteiger partial charge is 0.229 e. The molecular weight excluding hydrogens is 396 g/mol. The molecule has 2 aromatic rings. The van der Waals surface area contributed by atoms with Gasteiger partial charge in [0.05, 0.1) is 13.4 Å². The van der Waals surface area contributed by atoms with Gasteiger partial charge in [-0.3, -0.25) is 9.52 Å². The average Bonchev–Trinajstić information content (AvgIpc) is 2.65. The number of carbonyl (C=O) groups excluding carboxylic acids is 1. The quantitative estimate of drug-likeness (QED) is 0.571. The van der Waals surface area contributed by atoms with Crippen LogP contribution in [0.3, 0.4) is 0 Å². The van der Waals surface area contributed by atoms with E-state index >= 15 is 0 Å². The van der Waals surface area contributed by atoms with Crippen LogP contribution in [-0.4, -0.2) is 32.9 Å². The maximum absolute atomic E-state index is 12.1. The number of amides is 1. The third kappa shape index (κ3) is 7.82. The number of methoxy groups -OCH3 is 1. The van der Waals surface area contributed by atoms with Gasteiger partial charge in [-0.05, 0) is 36.8 Å². The van der Waals surface area contributed by atoms with E-state index in [4.69, 9.17) is 4.74 Å². The number of rotatable bonds is 10. The van der Waals surface area contributed by atoms with Gasteiger partial charge in [0.15, 0.2) is 0 Å². The average molecular weight is 423 g/mol. The number of hydrogen-bond acceptors (Lipinski definition) is 5. The molecule has 8 heteroatoms. The summed E-state index contributed by atoms with van der Waals surface area (Å²) >= 11 is 1.66. The number of carbonyl (C=O) groups is 1. The van der Waals surface area contributed by atoms with E-state index in [0.717, 1.165) is 28.9 Å². The van der Waals surface area contributed by atoms with Crippen molar-refractivity contribution in [2.75, 3.05) is 18.1 Å². The first-order valence-electron chi connectivity index (χ1n) is 8.90. The van der Waals surface area contributed by atoms with Gasteiger partial charge in [0.25, 0.3) is 0 Å². The van der Waals surface area contributed by atoms with Gasteiger partial charge in [0.2, 0.25) is 15.9 Å². The Labute approximate surface area is 171 Å². The highest BCUT2D eigenvalue weighted by Gasteiger charge is 2.10. The molecule has 0 aliphatic carbocycles. The minimum Gasteiger partial charge on any atom is -0.496 e. The molecule has 6 nitrogen and oxygen atoms in total. The minimum absolute atomic E-state index is 0.00561. The first-order valence-corrected chi connectivity index (χ1v) is 11.7. The normalized spacial score (nSPS) is 12.2. The lowest BCUT2D eigenvalue weighted by atomic mass is 10.2. The summed E-state index contributed by atoms with van der Waals surface area (Å²) in [5, 5.41) is 3.18. The Morgan fingerprint density at radius 3 is 2.46 bits per heavy atom. The van der Waals surface area contributed by atoms with Crippen LogP contribution in [0, 0.1) is 0 Å². The van der Waals surface area contributed by atoms with Crippen LogP contribution in [0.1, 0.15) is 25.3 Å². The van der Waals surface area contributed by atoms with Gasteiger partial charge in [0.1, 0.15) is 5.75 Å². The third-order valence-corrected chi connectivity index (χ3v) is 5.73. The molecule has 1 unspecified atom stereocenters. The molecule has 2 aromatic carbocycles. The number of ether oxygens (including phenoxy) is 1. The largest absolute Gasteiger partial charge is 0.496 e. The minimum atomic E-state index is -3.27. The van der Waals surface area contributed by atoms with Crippen molar-refractivity contribution in [3.05, 3.63) is 54.1 Å². The number of hydrogen-bond donors (Lipinski definition) is 2. The first kappa shape index (κ1) is 22.1. The molecule has 0 saturated heterocycles. The maximum atomic E-state index is 12.1. The lowest BCUT2D eigenvalue weighted by Crippen LogP contribution is -2.23. The van der Waals surface area contributed by atoms with E-state index in [-0.39, 0.29) is 11.2 Å². The van der Waals surface area contributed by atoms with Gasteiger partial charge in [0, 0.05) is 34.4 Å². The molecule has 1 amide bonds. The molecule has 2 rings (SSSR count). The number of benzene rings is 2. The van der Waals surface area contributed by atoms with E-state index in [2.05, 4.69) is 17.0 Å². The van der Waals surface area contributed by atoms with Gasteiger partial charge in [-0.25, -0.2) is 8.42 Å². The monoisotopic (exact) mass is 422 g/mol. The van der Waals surface area contributed by atoms with Crippen LogP contribution in [-0.2, 0) is 21.4 Å². The molecule has 0 aliphatic heterocycles. The van der Waals surface area contributed by atoms with Crippen LogP contribution in [0.25, 0.3) is 0 Å². The van der Waals surface area contributed by atoms with Crippen molar-refractivity contribution in [1.29, 1.82) is 0 Å². The summed E-state index contributed by atoms with van der Waals surface area (Å²) in [6, 6.07) is 14.8. The van der Waals surface area contributed by atoms with E-state index < -0.39 is 10.0 Å². The maximum Gasteiger partial charge on any atom is 0.229 e. The molecule has 152 valence electrons. The van der Waals surface area contributed by atoms with Crippen LogP contribution >= 0.6 is 11.8 Å². The Morgan fingerprint density at radius 1 is 1.14 bits per heavy atom. The zero-order valence-corrected chi connectivity index (χ0v) is 17.9. The highest BCUT2D eigenvalue weighted by atomic mass is 32.2. The van der Waals surface area contributed by atoms with Crippen molar-refractivity contribution in [2.24, 2.45) is 0 Å². The van der Waals surface area contributed by atoms with Crippen LogP contribution < -0.4 is 14.8 Å². The summed E-state index contributed by atoms with van der Waals surface area (Å²) in [5.41, 5.74) is 1.48. The number of thioether (sulfide) groups is 1. The van der Waals surface area contributed by atoms with Crippen LogP contribution in [0.15, 0.2) is 53.4 Å². The predicted molar refractivity (Wildman–Crippen MR) is 114 cm³/mol. The van der Waals surface area contributed by atoms with Crippen LogP contribution in [0.2, 0.25) is 0 Å². The molecule has 0 aromatic heterocycles. The molecule has 28 heavy (non-hydrogen) atoms. The lowest BCUT2D eigenvalue weighted by molar-refractivity contribution is -0.121. The zero-order valence-electron chi connectivity index (χ0n) is 16.3. The summed E-state index contributed by atoms with van der Waals surface area (Å²) in [6.45, 7) is 2.51.